The van der Waals surface area contributed by atoms with E-state index >= 15 is 0 Å². The van der Waals surface area contributed by atoms with Gasteiger partial charge in [0.2, 0.25) is 17.5 Å². The SMILES string of the molecule is COc1cc(-c2oc3cc(OCCO)cc(O)c3c(=O)c2O[C@@H]2O[C@H](COC3O[C@@H](C)[C@H](O)[C@@H](O)[C@H]3O)[C@@H](O)[C@H](O)[C@H]2O)ccc1OCCO. The predicted molar refractivity (Wildman–Crippen MR) is 167 cm³/mol. The number of phenols is 1. The molecule has 18 nitrogen and oxygen atoms in total. The average molecular weight is 713 g/mol. The maximum atomic E-state index is 14.0. The van der Waals surface area contributed by atoms with Gasteiger partial charge in [-0.15, -0.1) is 0 Å². The number of aromatic hydroxyl groups is 1. The molecule has 1 unspecified atom stereocenters. The molecule has 0 radical (unpaired) electrons. The minimum Gasteiger partial charge on any atom is -0.507 e. The summed E-state index contributed by atoms with van der Waals surface area (Å²) in [6.07, 6.45) is -16.1. The highest BCUT2D eigenvalue weighted by Gasteiger charge is 2.48. The Morgan fingerprint density at radius 1 is 0.780 bits per heavy atom. The van der Waals surface area contributed by atoms with Crippen LogP contribution < -0.4 is 24.4 Å². The lowest BCUT2D eigenvalue weighted by molar-refractivity contribution is -0.318. The summed E-state index contributed by atoms with van der Waals surface area (Å²) in [5.74, 6) is -0.985. The Hall–Kier alpha value is -3.79. The fourth-order valence-corrected chi connectivity index (χ4v) is 5.49. The van der Waals surface area contributed by atoms with Crippen LogP contribution >= 0.6 is 0 Å². The molecule has 18 heteroatoms. The van der Waals surface area contributed by atoms with E-state index in [1.807, 2.05) is 0 Å². The number of phenolic OH excluding ortho intramolecular Hbond substituents is 1. The van der Waals surface area contributed by atoms with E-state index in [2.05, 4.69) is 0 Å². The van der Waals surface area contributed by atoms with Gasteiger partial charge in [-0.2, -0.15) is 0 Å². The van der Waals surface area contributed by atoms with Gasteiger partial charge in [-0.05, 0) is 25.1 Å². The van der Waals surface area contributed by atoms with Gasteiger partial charge < -0.3 is 83.5 Å². The van der Waals surface area contributed by atoms with Gasteiger partial charge in [0.1, 0.15) is 78.4 Å². The van der Waals surface area contributed by atoms with E-state index in [0.29, 0.717) is 0 Å². The Morgan fingerprint density at radius 3 is 2.16 bits per heavy atom. The first kappa shape index (κ1) is 37.5. The summed E-state index contributed by atoms with van der Waals surface area (Å²) in [7, 11) is 1.35. The Balaban J connectivity index is 1.52. The second kappa shape index (κ2) is 16.0. The van der Waals surface area contributed by atoms with Crippen LogP contribution in [0.2, 0.25) is 0 Å². The van der Waals surface area contributed by atoms with Crippen LogP contribution in [0.1, 0.15) is 6.92 Å². The number of hydrogen-bond donors (Lipinski definition) is 9. The van der Waals surface area contributed by atoms with E-state index in [1.165, 1.54) is 38.3 Å². The Kier molecular flexibility index (Phi) is 12.0. The van der Waals surface area contributed by atoms with Crippen molar-refractivity contribution in [3.8, 4) is 40.1 Å². The molecule has 2 aliphatic heterocycles. The van der Waals surface area contributed by atoms with Crippen LogP contribution in [-0.4, -0.2) is 148 Å². The van der Waals surface area contributed by atoms with Crippen LogP contribution in [0.5, 0.6) is 28.7 Å². The third-order valence-corrected chi connectivity index (χ3v) is 8.18. The van der Waals surface area contributed by atoms with Crippen LogP contribution in [0.15, 0.2) is 39.5 Å². The minimum atomic E-state index is -1.95. The second-order valence-corrected chi connectivity index (χ2v) is 11.6. The number of benzene rings is 2. The fraction of sp³-hybridized carbons (Fsp3) is 0.531. The number of ether oxygens (including phenoxy) is 7. The van der Waals surface area contributed by atoms with E-state index in [9.17, 15) is 45.6 Å². The van der Waals surface area contributed by atoms with Crippen molar-refractivity contribution in [3.63, 3.8) is 0 Å². The zero-order chi connectivity index (χ0) is 36.3. The van der Waals surface area contributed by atoms with E-state index in [0.717, 1.165) is 6.07 Å². The van der Waals surface area contributed by atoms with E-state index in [1.54, 1.807) is 0 Å². The quantitative estimate of drug-likeness (QED) is 0.0922. The monoisotopic (exact) mass is 712 g/mol. The molecule has 3 aromatic rings. The number of hydrogen-bond acceptors (Lipinski definition) is 18. The van der Waals surface area contributed by atoms with E-state index in [4.69, 9.17) is 42.7 Å². The molecule has 2 aromatic carbocycles. The lowest BCUT2D eigenvalue weighted by Crippen LogP contribution is -2.61. The maximum Gasteiger partial charge on any atom is 0.239 e. The van der Waals surface area contributed by atoms with Gasteiger partial charge in [0.15, 0.2) is 23.5 Å². The first-order valence-corrected chi connectivity index (χ1v) is 15.6. The summed E-state index contributed by atoms with van der Waals surface area (Å²) in [5.41, 5.74) is -0.946. The van der Waals surface area contributed by atoms with Gasteiger partial charge >= 0.3 is 0 Å². The number of aliphatic hydroxyl groups excluding tert-OH is 8. The fourth-order valence-electron chi connectivity index (χ4n) is 5.49. The smallest absolute Gasteiger partial charge is 0.239 e. The summed E-state index contributed by atoms with van der Waals surface area (Å²) in [6, 6.07) is 6.77. The highest BCUT2D eigenvalue weighted by Crippen LogP contribution is 2.40. The minimum absolute atomic E-state index is 0.0472. The Labute approximate surface area is 283 Å². The van der Waals surface area contributed by atoms with Gasteiger partial charge in [0.25, 0.3) is 0 Å². The predicted octanol–water partition coefficient (Wildman–Crippen LogP) is -2.05. The van der Waals surface area contributed by atoms with Crippen LogP contribution in [0.3, 0.4) is 0 Å². The average Bonchev–Trinajstić information content (AvgIpc) is 3.11. The molecule has 0 bridgehead atoms. The molecule has 1 aromatic heterocycles. The molecule has 10 atom stereocenters. The third kappa shape index (κ3) is 7.60. The van der Waals surface area contributed by atoms with Crippen LogP contribution in [-0.2, 0) is 14.2 Å². The normalized spacial score (nSPS) is 29.9. The number of aliphatic hydroxyl groups is 8. The Bertz CT molecular complexity index is 1660. The lowest BCUT2D eigenvalue weighted by atomic mass is 9.98. The third-order valence-electron chi connectivity index (χ3n) is 8.18. The van der Waals surface area contributed by atoms with Crippen LogP contribution in [0.4, 0.5) is 0 Å². The zero-order valence-corrected chi connectivity index (χ0v) is 26.9. The molecule has 0 saturated carbocycles. The van der Waals surface area contributed by atoms with Crippen molar-refractivity contribution in [1.82, 2.24) is 0 Å². The summed E-state index contributed by atoms with van der Waals surface area (Å²) in [4.78, 5) is 14.0. The molecule has 2 fully saturated rings. The van der Waals surface area contributed by atoms with Crippen molar-refractivity contribution in [2.24, 2.45) is 0 Å². The van der Waals surface area contributed by atoms with E-state index in [-0.39, 0.29) is 66.0 Å². The zero-order valence-electron chi connectivity index (χ0n) is 26.9. The molecule has 276 valence electrons. The molecular formula is C32H40O18. The molecule has 2 saturated heterocycles. The molecule has 3 heterocycles. The Morgan fingerprint density at radius 2 is 1.46 bits per heavy atom. The molecule has 0 amide bonds. The van der Waals surface area contributed by atoms with Crippen LogP contribution in [0, 0.1) is 0 Å². The molecule has 50 heavy (non-hydrogen) atoms. The van der Waals surface area contributed by atoms with Crippen molar-refractivity contribution in [2.75, 3.05) is 40.1 Å². The number of rotatable bonds is 13. The topological polar surface area (TPSA) is 277 Å². The number of fused-ring (bicyclic) bond motifs is 1. The summed E-state index contributed by atoms with van der Waals surface area (Å²) >= 11 is 0. The van der Waals surface area contributed by atoms with Crippen molar-refractivity contribution in [2.45, 2.75) is 68.3 Å². The summed E-state index contributed by atoms with van der Waals surface area (Å²) < 4.78 is 44.9. The molecule has 9 N–H and O–H groups in total. The largest absolute Gasteiger partial charge is 0.507 e. The number of methoxy groups -OCH3 is 1. The maximum absolute atomic E-state index is 14.0. The molecular weight excluding hydrogens is 672 g/mol. The van der Waals surface area contributed by atoms with Gasteiger partial charge in [0.05, 0.1) is 33.0 Å². The van der Waals surface area contributed by atoms with Gasteiger partial charge in [-0.1, -0.05) is 0 Å². The van der Waals surface area contributed by atoms with Crippen LogP contribution in [0.25, 0.3) is 22.3 Å². The second-order valence-electron chi connectivity index (χ2n) is 11.6. The summed E-state index contributed by atoms with van der Waals surface area (Å²) in [6.45, 7) is 0.0604. The highest BCUT2D eigenvalue weighted by atomic mass is 16.7. The lowest BCUT2D eigenvalue weighted by Gasteiger charge is -2.42. The molecule has 2 aliphatic rings. The summed E-state index contributed by atoms with van der Waals surface area (Å²) in [5, 5.41) is 91.4. The highest BCUT2D eigenvalue weighted by molar-refractivity contribution is 5.88. The van der Waals surface area contributed by atoms with E-state index < -0.39 is 84.9 Å². The van der Waals surface area contributed by atoms with Gasteiger partial charge in [-0.3, -0.25) is 4.79 Å². The molecule has 5 rings (SSSR count). The van der Waals surface area contributed by atoms with Crippen molar-refractivity contribution in [1.29, 1.82) is 0 Å². The van der Waals surface area contributed by atoms with Crippen molar-refractivity contribution >= 4 is 11.0 Å². The van der Waals surface area contributed by atoms with Gasteiger partial charge in [0, 0.05) is 17.7 Å². The molecule has 0 aliphatic carbocycles. The first-order valence-electron chi connectivity index (χ1n) is 15.6. The van der Waals surface area contributed by atoms with Gasteiger partial charge in [-0.25, -0.2) is 0 Å². The van der Waals surface area contributed by atoms with Crippen molar-refractivity contribution < 1.29 is 83.5 Å². The van der Waals surface area contributed by atoms with Crippen molar-refractivity contribution in [3.05, 3.63) is 40.6 Å². The standard InChI is InChI=1S/C32H40O18/c1-13-22(36)25(39)27(41)31(47-13)46-12-20-23(37)26(40)28(42)32(49-20)50-30-24(38)21-16(35)10-15(44-7-5-33)11-19(21)48-29(30)14-3-4-17(45-8-6-34)18(9-14)43-2/h3-4,9-11,13,20,22-23,25-28,31-37,39-42H,5-8,12H2,1-2H3/t13-,20+,22-,23+,25+,26-,27+,28+,31?,32-/m0/s1. The molecule has 0 spiro atoms. The first-order chi connectivity index (χ1) is 23.9.